The maximum absolute atomic E-state index is 2.56. The molecule has 0 heteroatoms. The molecule has 0 spiro atoms. The van der Waals surface area contributed by atoms with Crippen molar-refractivity contribution in [2.75, 3.05) is 0 Å². The molecule has 0 aromatic heterocycles. The summed E-state index contributed by atoms with van der Waals surface area (Å²) in [6, 6.07) is 0. The molecule has 3 unspecified atom stereocenters. The zero-order valence-electron chi connectivity index (χ0n) is 12.8. The molecule has 0 aliphatic heterocycles. The molecule has 0 heterocycles. The molecule has 0 aromatic rings. The maximum Gasteiger partial charge on any atom is -0.0360 e. The number of hydrogen-bond acceptors (Lipinski definition) is 0. The zero-order valence-corrected chi connectivity index (χ0v) is 12.8. The summed E-state index contributed by atoms with van der Waals surface area (Å²) in [4.78, 5) is 0. The fourth-order valence-corrected chi connectivity index (χ4v) is 4.57. The van der Waals surface area contributed by atoms with Gasteiger partial charge in [-0.05, 0) is 30.1 Å². The van der Waals surface area contributed by atoms with Crippen LogP contribution in [0.25, 0.3) is 0 Å². The molecule has 0 nitrogen and oxygen atoms in total. The Morgan fingerprint density at radius 2 is 1.17 bits per heavy atom. The zero-order chi connectivity index (χ0) is 12.8. The van der Waals surface area contributed by atoms with Crippen molar-refractivity contribution >= 4 is 0 Å². The lowest BCUT2D eigenvalue weighted by atomic mass is 9.70. The van der Waals surface area contributed by atoms with Gasteiger partial charge in [0.05, 0.1) is 0 Å². The van der Waals surface area contributed by atoms with Crippen molar-refractivity contribution in [3.63, 3.8) is 0 Å². The summed E-state index contributed by atoms with van der Waals surface area (Å²) in [5, 5.41) is 0. The molecule has 2 aliphatic rings. The van der Waals surface area contributed by atoms with E-state index in [0.717, 1.165) is 23.7 Å². The van der Waals surface area contributed by atoms with Gasteiger partial charge in [0.15, 0.2) is 0 Å². The summed E-state index contributed by atoms with van der Waals surface area (Å²) in [5.74, 6) is 4.14. The van der Waals surface area contributed by atoms with E-state index in [1.54, 1.807) is 12.8 Å². The minimum absolute atomic E-state index is 0.991. The maximum atomic E-state index is 2.56. The molecule has 0 aromatic carbocycles. The van der Waals surface area contributed by atoms with Crippen LogP contribution in [0.2, 0.25) is 0 Å². The molecule has 0 radical (unpaired) electrons. The van der Waals surface area contributed by atoms with Crippen molar-refractivity contribution in [2.24, 2.45) is 23.7 Å². The first-order valence-electron chi connectivity index (χ1n) is 8.77. The molecule has 2 rings (SSSR count). The summed E-state index contributed by atoms with van der Waals surface area (Å²) in [5.41, 5.74) is 0. The molecule has 18 heavy (non-hydrogen) atoms. The molecule has 0 amide bonds. The molecule has 106 valence electrons. The van der Waals surface area contributed by atoms with Crippen molar-refractivity contribution in [1.29, 1.82) is 0 Å². The summed E-state index contributed by atoms with van der Waals surface area (Å²) in [6.07, 6.45) is 18.2. The third-order valence-corrected chi connectivity index (χ3v) is 5.83. The second-order valence-electron chi connectivity index (χ2n) is 7.36. The van der Waals surface area contributed by atoms with E-state index in [1.165, 1.54) is 64.2 Å². The third-order valence-electron chi connectivity index (χ3n) is 5.83. The van der Waals surface area contributed by atoms with Gasteiger partial charge < -0.3 is 0 Å². The van der Waals surface area contributed by atoms with Crippen LogP contribution in [0.15, 0.2) is 0 Å². The Labute approximate surface area is 115 Å². The van der Waals surface area contributed by atoms with E-state index >= 15 is 0 Å². The Kier molecular flexibility index (Phi) is 6.05. The van der Waals surface area contributed by atoms with E-state index < -0.39 is 0 Å². The van der Waals surface area contributed by atoms with Crippen LogP contribution in [-0.4, -0.2) is 0 Å². The Bertz CT molecular complexity index is 214. The molecule has 2 aliphatic carbocycles. The van der Waals surface area contributed by atoms with Gasteiger partial charge >= 0.3 is 0 Å². The highest BCUT2D eigenvalue weighted by Gasteiger charge is 2.28. The van der Waals surface area contributed by atoms with Gasteiger partial charge in [0.2, 0.25) is 0 Å². The van der Waals surface area contributed by atoms with Crippen molar-refractivity contribution < 1.29 is 0 Å². The van der Waals surface area contributed by atoms with Crippen molar-refractivity contribution in [2.45, 2.75) is 90.9 Å². The lowest BCUT2D eigenvalue weighted by Gasteiger charge is -2.35. The predicted molar refractivity (Wildman–Crippen MR) is 80.7 cm³/mol. The number of hydrogen-bond donors (Lipinski definition) is 0. The van der Waals surface area contributed by atoms with Crippen LogP contribution in [0.3, 0.4) is 0 Å². The molecule has 3 atom stereocenters. The van der Waals surface area contributed by atoms with E-state index in [1.807, 2.05) is 0 Å². The van der Waals surface area contributed by atoms with Gasteiger partial charge in [-0.2, -0.15) is 0 Å². The van der Waals surface area contributed by atoms with Gasteiger partial charge in [-0.15, -0.1) is 0 Å². The van der Waals surface area contributed by atoms with Crippen LogP contribution in [0, 0.1) is 23.7 Å². The Morgan fingerprint density at radius 1 is 0.556 bits per heavy atom. The number of rotatable bonds is 1. The lowest BCUT2D eigenvalue weighted by Crippen LogP contribution is -2.25. The van der Waals surface area contributed by atoms with Crippen LogP contribution in [0.1, 0.15) is 90.9 Å². The van der Waals surface area contributed by atoms with E-state index in [-0.39, 0.29) is 0 Å². The van der Waals surface area contributed by atoms with E-state index in [0.29, 0.717) is 0 Å². The third kappa shape index (κ3) is 4.28. The van der Waals surface area contributed by atoms with Crippen molar-refractivity contribution in [3.05, 3.63) is 0 Å². The summed E-state index contributed by atoms with van der Waals surface area (Å²) in [6.45, 7) is 5.03. The monoisotopic (exact) mass is 250 g/mol. The topological polar surface area (TPSA) is 0 Å². The van der Waals surface area contributed by atoms with Crippen LogP contribution < -0.4 is 0 Å². The standard InChI is InChI=1S/C18H34/c1-15-9-6-7-11-16(2)18(14-8-10-15)17-12-4-3-5-13-17/h15-18H,3-14H2,1-2H3. The summed E-state index contributed by atoms with van der Waals surface area (Å²) >= 11 is 0. The smallest absolute Gasteiger partial charge is 0.0360 e. The Hall–Kier alpha value is 0. The highest BCUT2D eigenvalue weighted by Crippen LogP contribution is 2.39. The average molecular weight is 250 g/mol. The van der Waals surface area contributed by atoms with Gasteiger partial charge in [-0.25, -0.2) is 0 Å². The predicted octanol–water partition coefficient (Wildman–Crippen LogP) is 6.20. The fraction of sp³-hybridized carbons (Fsp3) is 1.00. The highest BCUT2D eigenvalue weighted by atomic mass is 14.3. The first-order chi connectivity index (χ1) is 8.77. The normalized spacial score (nSPS) is 37.3. The second kappa shape index (κ2) is 7.56. The molecule has 0 saturated heterocycles. The molecular weight excluding hydrogens is 216 g/mol. The molecule has 2 saturated carbocycles. The summed E-state index contributed by atoms with van der Waals surface area (Å²) < 4.78 is 0. The highest BCUT2D eigenvalue weighted by molar-refractivity contribution is 4.79. The van der Waals surface area contributed by atoms with Gasteiger partial charge in [-0.3, -0.25) is 0 Å². The van der Waals surface area contributed by atoms with E-state index in [4.69, 9.17) is 0 Å². The molecule has 0 N–H and O–H groups in total. The van der Waals surface area contributed by atoms with Gasteiger partial charge in [0.1, 0.15) is 0 Å². The fourth-order valence-electron chi connectivity index (χ4n) is 4.57. The minimum Gasteiger partial charge on any atom is -0.0625 e. The van der Waals surface area contributed by atoms with E-state index in [2.05, 4.69) is 13.8 Å². The lowest BCUT2D eigenvalue weighted by molar-refractivity contribution is 0.156. The van der Waals surface area contributed by atoms with Gasteiger partial charge in [0.25, 0.3) is 0 Å². The minimum atomic E-state index is 0.991. The average Bonchev–Trinajstić information content (AvgIpc) is 2.40. The van der Waals surface area contributed by atoms with Crippen molar-refractivity contribution in [1.82, 2.24) is 0 Å². The van der Waals surface area contributed by atoms with Crippen LogP contribution >= 0.6 is 0 Å². The van der Waals surface area contributed by atoms with Crippen LogP contribution in [0.4, 0.5) is 0 Å². The Morgan fingerprint density at radius 3 is 1.94 bits per heavy atom. The SMILES string of the molecule is CC1CCCCC(C)C(C2CCCCC2)CCC1. The molecule has 0 bridgehead atoms. The quantitative estimate of drug-likeness (QED) is 0.520. The largest absolute Gasteiger partial charge is 0.0625 e. The van der Waals surface area contributed by atoms with E-state index in [9.17, 15) is 0 Å². The van der Waals surface area contributed by atoms with Gasteiger partial charge in [-0.1, -0.05) is 84.5 Å². The van der Waals surface area contributed by atoms with Crippen LogP contribution in [0.5, 0.6) is 0 Å². The summed E-state index contributed by atoms with van der Waals surface area (Å²) in [7, 11) is 0. The van der Waals surface area contributed by atoms with Crippen LogP contribution in [-0.2, 0) is 0 Å². The first kappa shape index (κ1) is 14.4. The van der Waals surface area contributed by atoms with Gasteiger partial charge in [0, 0.05) is 0 Å². The molecular formula is C18H34. The van der Waals surface area contributed by atoms with Crippen molar-refractivity contribution in [3.8, 4) is 0 Å². The second-order valence-corrected chi connectivity index (χ2v) is 7.36. The Balaban J connectivity index is 1.90. The molecule has 2 fully saturated rings. The first-order valence-corrected chi connectivity index (χ1v) is 8.77.